The van der Waals surface area contributed by atoms with E-state index in [1.807, 2.05) is 25.1 Å². The Bertz CT molecular complexity index is 677. The zero-order valence-corrected chi connectivity index (χ0v) is 17.6. The van der Waals surface area contributed by atoms with Crippen LogP contribution < -0.4 is 10.6 Å². The maximum absolute atomic E-state index is 10.3. The summed E-state index contributed by atoms with van der Waals surface area (Å²) in [7, 11) is 0. The highest BCUT2D eigenvalue weighted by molar-refractivity contribution is 14.0. The summed E-state index contributed by atoms with van der Waals surface area (Å²) in [6.07, 6.45) is -0.693. The first kappa shape index (κ1) is 21.7. The zero-order valence-electron chi connectivity index (χ0n) is 14.5. The van der Waals surface area contributed by atoms with Crippen molar-refractivity contribution in [3.63, 3.8) is 0 Å². The monoisotopic (exact) mass is 473 g/mol. The molecule has 1 atom stereocenters. The van der Waals surface area contributed by atoms with Crippen LogP contribution in [0.25, 0.3) is 0 Å². The van der Waals surface area contributed by atoms with Crippen LogP contribution in [0.2, 0.25) is 5.02 Å². The summed E-state index contributed by atoms with van der Waals surface area (Å²) in [4.78, 5) is 4.55. The van der Waals surface area contributed by atoms with E-state index in [1.165, 1.54) is 5.56 Å². The summed E-state index contributed by atoms with van der Waals surface area (Å²) in [5.74, 6) is 0.671. The van der Waals surface area contributed by atoms with Crippen LogP contribution in [0.5, 0.6) is 0 Å². The van der Waals surface area contributed by atoms with Gasteiger partial charge in [0, 0.05) is 23.7 Å². The third-order valence-corrected chi connectivity index (χ3v) is 3.96. The van der Waals surface area contributed by atoms with Gasteiger partial charge in [0.1, 0.15) is 0 Å². The van der Waals surface area contributed by atoms with E-state index >= 15 is 0 Å². The van der Waals surface area contributed by atoms with Gasteiger partial charge in [0.2, 0.25) is 0 Å². The maximum Gasteiger partial charge on any atom is 0.191 e. The second-order valence-corrected chi connectivity index (χ2v) is 6.01. The topological polar surface area (TPSA) is 56.7 Å². The Balaban J connectivity index is 0.00000312. The molecule has 2 rings (SSSR count). The van der Waals surface area contributed by atoms with Gasteiger partial charge in [-0.05, 0) is 25.5 Å². The summed E-state index contributed by atoms with van der Waals surface area (Å²) in [6.45, 7) is 5.74. The van der Waals surface area contributed by atoms with Gasteiger partial charge in [-0.3, -0.25) is 0 Å². The van der Waals surface area contributed by atoms with Gasteiger partial charge in [0.15, 0.2) is 5.96 Å². The smallest absolute Gasteiger partial charge is 0.191 e. The van der Waals surface area contributed by atoms with Gasteiger partial charge in [-0.25, -0.2) is 4.99 Å². The van der Waals surface area contributed by atoms with Crippen LogP contribution in [0, 0.1) is 6.92 Å². The number of aryl methyl sites for hydroxylation is 1. The van der Waals surface area contributed by atoms with E-state index in [0.717, 1.165) is 12.1 Å². The number of aliphatic imine (C=N–C) groups is 1. The minimum Gasteiger partial charge on any atom is -0.387 e. The Morgan fingerprint density at radius 1 is 1.12 bits per heavy atom. The van der Waals surface area contributed by atoms with Crippen LogP contribution in [0.4, 0.5) is 0 Å². The summed E-state index contributed by atoms with van der Waals surface area (Å²) < 4.78 is 0. The zero-order chi connectivity index (χ0) is 17.4. The minimum atomic E-state index is -0.693. The Morgan fingerprint density at radius 3 is 2.44 bits per heavy atom. The first-order valence-electron chi connectivity index (χ1n) is 8.10. The molecular weight excluding hydrogens is 449 g/mol. The van der Waals surface area contributed by atoms with Crippen LogP contribution in [0.1, 0.15) is 29.7 Å². The molecule has 6 heteroatoms. The molecule has 1 unspecified atom stereocenters. The van der Waals surface area contributed by atoms with Gasteiger partial charge in [-0.15, -0.1) is 24.0 Å². The van der Waals surface area contributed by atoms with Gasteiger partial charge in [-0.1, -0.05) is 59.6 Å². The van der Waals surface area contributed by atoms with Gasteiger partial charge in [-0.2, -0.15) is 0 Å². The second kappa shape index (κ2) is 11.3. The standard InChI is InChI=1S/C19H24ClN3O.HI/c1-3-21-19(22-12-15-10-8-14(2)9-11-15)23-13-18(24)16-6-4-5-7-17(16)20;/h4-11,18,24H,3,12-13H2,1-2H3,(H2,21,22,23);1H. The van der Waals surface area contributed by atoms with Gasteiger partial charge in [0.05, 0.1) is 12.6 Å². The molecule has 0 spiro atoms. The van der Waals surface area contributed by atoms with Gasteiger partial charge < -0.3 is 15.7 Å². The molecular formula is C19H25ClIN3O. The first-order valence-corrected chi connectivity index (χ1v) is 8.48. The van der Waals surface area contributed by atoms with Crippen LogP contribution in [0.3, 0.4) is 0 Å². The van der Waals surface area contributed by atoms with Crippen molar-refractivity contribution in [3.8, 4) is 0 Å². The Kier molecular flexibility index (Phi) is 9.85. The van der Waals surface area contributed by atoms with Crippen molar-refractivity contribution in [3.05, 3.63) is 70.2 Å². The summed E-state index contributed by atoms with van der Waals surface area (Å²) in [6, 6.07) is 15.6. The Hall–Kier alpha value is -1.31. The lowest BCUT2D eigenvalue weighted by molar-refractivity contribution is 0.181. The van der Waals surface area contributed by atoms with Crippen LogP contribution in [0.15, 0.2) is 53.5 Å². The number of hydrogen-bond donors (Lipinski definition) is 3. The van der Waals surface area contributed by atoms with E-state index in [9.17, 15) is 5.11 Å². The largest absolute Gasteiger partial charge is 0.387 e. The van der Waals surface area contributed by atoms with Crippen molar-refractivity contribution in [2.24, 2.45) is 4.99 Å². The number of rotatable bonds is 6. The van der Waals surface area contributed by atoms with Crippen molar-refractivity contribution >= 4 is 41.5 Å². The highest BCUT2D eigenvalue weighted by atomic mass is 127. The molecule has 3 N–H and O–H groups in total. The SMILES string of the molecule is CCNC(=NCc1ccc(C)cc1)NCC(O)c1ccccc1Cl.I. The van der Waals surface area contributed by atoms with Crippen molar-refractivity contribution in [2.45, 2.75) is 26.5 Å². The van der Waals surface area contributed by atoms with Crippen LogP contribution in [-0.2, 0) is 6.54 Å². The number of guanidine groups is 1. The van der Waals surface area contributed by atoms with Crippen molar-refractivity contribution < 1.29 is 5.11 Å². The number of nitrogens with one attached hydrogen (secondary N) is 2. The molecule has 0 aliphatic rings. The third-order valence-electron chi connectivity index (χ3n) is 3.61. The van der Waals surface area contributed by atoms with Crippen molar-refractivity contribution in [2.75, 3.05) is 13.1 Å². The molecule has 0 heterocycles. The molecule has 2 aromatic rings. The molecule has 2 aromatic carbocycles. The van der Waals surface area contributed by atoms with Crippen LogP contribution >= 0.6 is 35.6 Å². The molecule has 0 fully saturated rings. The molecule has 0 aliphatic heterocycles. The van der Waals surface area contributed by atoms with Crippen LogP contribution in [-0.4, -0.2) is 24.2 Å². The van der Waals surface area contributed by atoms with E-state index in [1.54, 1.807) is 6.07 Å². The number of halogens is 2. The lowest BCUT2D eigenvalue weighted by atomic mass is 10.1. The average molecular weight is 474 g/mol. The highest BCUT2D eigenvalue weighted by Gasteiger charge is 2.11. The molecule has 0 saturated heterocycles. The molecule has 0 bridgehead atoms. The lowest BCUT2D eigenvalue weighted by Crippen LogP contribution is -2.39. The molecule has 25 heavy (non-hydrogen) atoms. The fourth-order valence-electron chi connectivity index (χ4n) is 2.25. The lowest BCUT2D eigenvalue weighted by Gasteiger charge is -2.16. The van der Waals surface area contributed by atoms with Crippen molar-refractivity contribution in [1.82, 2.24) is 10.6 Å². The van der Waals surface area contributed by atoms with Crippen molar-refractivity contribution in [1.29, 1.82) is 0 Å². The molecule has 0 aromatic heterocycles. The molecule has 0 radical (unpaired) electrons. The summed E-state index contributed by atoms with van der Waals surface area (Å²) in [5, 5.41) is 17.2. The number of benzene rings is 2. The molecule has 4 nitrogen and oxygen atoms in total. The van der Waals surface area contributed by atoms with E-state index in [0.29, 0.717) is 29.6 Å². The van der Waals surface area contributed by atoms with Gasteiger partial charge >= 0.3 is 0 Å². The van der Waals surface area contributed by atoms with E-state index in [-0.39, 0.29) is 24.0 Å². The van der Waals surface area contributed by atoms with E-state index in [2.05, 4.69) is 46.8 Å². The van der Waals surface area contributed by atoms with E-state index < -0.39 is 6.10 Å². The average Bonchev–Trinajstić information content (AvgIpc) is 2.59. The number of hydrogen-bond acceptors (Lipinski definition) is 2. The third kappa shape index (κ3) is 7.22. The predicted molar refractivity (Wildman–Crippen MR) is 116 cm³/mol. The Morgan fingerprint density at radius 2 is 1.80 bits per heavy atom. The quantitative estimate of drug-likeness (QED) is 0.337. The predicted octanol–water partition coefficient (Wildman–Crippen LogP) is 4.06. The highest BCUT2D eigenvalue weighted by Crippen LogP contribution is 2.21. The first-order chi connectivity index (χ1) is 11.6. The maximum atomic E-state index is 10.3. The summed E-state index contributed by atoms with van der Waals surface area (Å²) in [5.41, 5.74) is 3.08. The molecule has 0 amide bonds. The fourth-order valence-corrected chi connectivity index (χ4v) is 2.52. The second-order valence-electron chi connectivity index (χ2n) is 5.60. The number of aliphatic hydroxyl groups is 1. The molecule has 136 valence electrons. The normalized spacial score (nSPS) is 12.2. The summed E-state index contributed by atoms with van der Waals surface area (Å²) >= 11 is 6.12. The van der Waals surface area contributed by atoms with E-state index in [4.69, 9.17) is 11.6 Å². The number of aliphatic hydroxyl groups excluding tert-OH is 1. The molecule has 0 aliphatic carbocycles. The number of nitrogens with zero attached hydrogens (tertiary/aromatic N) is 1. The van der Waals surface area contributed by atoms with Gasteiger partial charge in [0.25, 0.3) is 0 Å². The minimum absolute atomic E-state index is 0. The Labute approximate surface area is 171 Å². The fraction of sp³-hybridized carbons (Fsp3) is 0.316. The molecule has 0 saturated carbocycles.